The van der Waals surface area contributed by atoms with Crippen LogP contribution in [-0.4, -0.2) is 8.80 Å². The van der Waals surface area contributed by atoms with Crippen molar-refractivity contribution in [3.05, 3.63) is 0 Å². The second kappa shape index (κ2) is 4.83. The van der Waals surface area contributed by atoms with E-state index in [1.165, 1.54) is 12.8 Å². The normalized spacial score (nSPS) is 45.0. The van der Waals surface area contributed by atoms with Gasteiger partial charge in [-0.25, -0.2) is 0 Å². The molecule has 2 rings (SSSR count). The zero-order chi connectivity index (χ0) is 9.97. The average Bonchev–Trinajstić information content (AvgIpc) is 2.21. The van der Waals surface area contributed by atoms with Crippen molar-refractivity contribution in [3.8, 4) is 0 Å². The summed E-state index contributed by atoms with van der Waals surface area (Å²) in [6, 6.07) is 3.30. The fourth-order valence-corrected chi connectivity index (χ4v) is 5.80. The lowest BCUT2D eigenvalue weighted by atomic mass is 9.74. The maximum Gasteiger partial charge on any atom is 0.0336 e. The van der Waals surface area contributed by atoms with Gasteiger partial charge in [-0.1, -0.05) is 51.2 Å². The van der Waals surface area contributed by atoms with Crippen molar-refractivity contribution >= 4 is 8.80 Å². The molecule has 1 saturated heterocycles. The van der Waals surface area contributed by atoms with E-state index in [0.717, 1.165) is 17.8 Å². The average molecular weight is 210 g/mol. The molecular weight excluding hydrogens is 184 g/mol. The topological polar surface area (TPSA) is 0 Å². The molecule has 0 amide bonds. The first-order valence-electron chi connectivity index (χ1n) is 6.75. The van der Waals surface area contributed by atoms with E-state index in [4.69, 9.17) is 0 Å². The van der Waals surface area contributed by atoms with Crippen molar-refractivity contribution in [2.75, 3.05) is 0 Å². The van der Waals surface area contributed by atoms with Crippen LogP contribution in [0, 0.1) is 17.8 Å². The Morgan fingerprint density at radius 3 is 1.86 bits per heavy atom. The van der Waals surface area contributed by atoms with Gasteiger partial charge in [0.15, 0.2) is 0 Å². The summed E-state index contributed by atoms with van der Waals surface area (Å²) in [6.07, 6.45) is 9.37. The highest BCUT2D eigenvalue weighted by molar-refractivity contribution is 6.57. The molecule has 14 heavy (non-hydrogen) atoms. The first-order valence-corrected chi connectivity index (χ1v) is 9.54. The molecule has 1 aliphatic carbocycles. The predicted molar refractivity (Wildman–Crippen MR) is 66.5 cm³/mol. The molecule has 1 heteroatoms. The number of rotatable bonds is 1. The van der Waals surface area contributed by atoms with E-state index in [2.05, 4.69) is 13.5 Å². The molecule has 0 N–H and O–H groups in total. The van der Waals surface area contributed by atoms with Crippen molar-refractivity contribution in [2.45, 2.75) is 64.1 Å². The Morgan fingerprint density at radius 2 is 1.29 bits per heavy atom. The fourth-order valence-electron chi connectivity index (χ4n) is 3.51. The van der Waals surface area contributed by atoms with Gasteiger partial charge in [0.25, 0.3) is 0 Å². The van der Waals surface area contributed by atoms with E-state index in [1.54, 1.807) is 37.8 Å². The van der Waals surface area contributed by atoms with E-state index >= 15 is 0 Å². The molecule has 0 aromatic carbocycles. The quantitative estimate of drug-likeness (QED) is 0.572. The Morgan fingerprint density at radius 1 is 0.786 bits per heavy atom. The predicted octanol–water partition coefficient (Wildman–Crippen LogP) is 4.08. The second-order valence-electron chi connectivity index (χ2n) is 6.04. The lowest BCUT2D eigenvalue weighted by Crippen LogP contribution is -2.26. The van der Waals surface area contributed by atoms with E-state index in [9.17, 15) is 0 Å². The Labute approximate surface area is 91.1 Å². The molecule has 0 radical (unpaired) electrons. The van der Waals surface area contributed by atoms with Crippen LogP contribution in [0.1, 0.15) is 45.4 Å². The van der Waals surface area contributed by atoms with Gasteiger partial charge in [0.1, 0.15) is 0 Å². The molecule has 0 bridgehead atoms. The van der Waals surface area contributed by atoms with Crippen LogP contribution in [-0.2, 0) is 0 Å². The minimum atomic E-state index is -0.200. The second-order valence-corrected chi connectivity index (χ2v) is 9.40. The molecule has 0 aromatic heterocycles. The van der Waals surface area contributed by atoms with Gasteiger partial charge >= 0.3 is 0 Å². The van der Waals surface area contributed by atoms with Crippen LogP contribution in [0.25, 0.3) is 0 Å². The summed E-state index contributed by atoms with van der Waals surface area (Å²) >= 11 is 0. The summed E-state index contributed by atoms with van der Waals surface area (Å²) in [5.41, 5.74) is 0. The molecule has 82 valence electrons. The molecule has 2 aliphatic rings. The molecule has 0 spiro atoms. The van der Waals surface area contributed by atoms with Crippen molar-refractivity contribution in [2.24, 2.45) is 17.8 Å². The van der Waals surface area contributed by atoms with Crippen molar-refractivity contribution in [1.29, 1.82) is 0 Å². The molecule has 0 aromatic rings. The van der Waals surface area contributed by atoms with Gasteiger partial charge in [-0.05, 0) is 30.6 Å². The van der Waals surface area contributed by atoms with Crippen LogP contribution in [0.4, 0.5) is 0 Å². The van der Waals surface area contributed by atoms with Crippen molar-refractivity contribution in [3.63, 3.8) is 0 Å². The third-order valence-corrected chi connectivity index (χ3v) is 7.43. The zero-order valence-corrected chi connectivity index (χ0v) is 11.1. The van der Waals surface area contributed by atoms with Gasteiger partial charge in [-0.15, -0.1) is 0 Å². The molecule has 1 heterocycles. The molecular formula is C13H26Si. The van der Waals surface area contributed by atoms with E-state index in [1.807, 2.05) is 0 Å². The van der Waals surface area contributed by atoms with Gasteiger partial charge in [0, 0.05) is 8.80 Å². The summed E-state index contributed by atoms with van der Waals surface area (Å²) < 4.78 is 0. The lowest BCUT2D eigenvalue weighted by molar-refractivity contribution is 0.199. The van der Waals surface area contributed by atoms with Crippen molar-refractivity contribution in [1.82, 2.24) is 0 Å². The molecule has 2 fully saturated rings. The maximum atomic E-state index is 2.57. The Kier molecular flexibility index (Phi) is 3.70. The van der Waals surface area contributed by atoms with Gasteiger partial charge in [-0.3, -0.25) is 0 Å². The van der Waals surface area contributed by atoms with E-state index in [0.29, 0.717) is 0 Å². The van der Waals surface area contributed by atoms with Gasteiger partial charge < -0.3 is 0 Å². The van der Waals surface area contributed by atoms with Gasteiger partial charge in [0.2, 0.25) is 0 Å². The third kappa shape index (κ3) is 2.62. The Bertz CT molecular complexity index is 142. The standard InChI is InChI=1S/C13H26Si/c1-11-3-5-12(6-4-11)13-7-9-14(2)10-8-13/h11-14H,3-10H2,1-2H3. The van der Waals surface area contributed by atoms with Gasteiger partial charge in [0.05, 0.1) is 0 Å². The molecule has 1 saturated carbocycles. The fraction of sp³-hybridized carbons (Fsp3) is 1.00. The molecule has 0 nitrogen and oxygen atoms in total. The van der Waals surface area contributed by atoms with Crippen LogP contribution >= 0.6 is 0 Å². The van der Waals surface area contributed by atoms with Crippen LogP contribution in [0.3, 0.4) is 0 Å². The number of hydrogen-bond acceptors (Lipinski definition) is 0. The molecule has 0 unspecified atom stereocenters. The summed E-state index contributed by atoms with van der Waals surface area (Å²) in [6.45, 7) is 5.01. The lowest BCUT2D eigenvalue weighted by Gasteiger charge is -2.36. The summed E-state index contributed by atoms with van der Waals surface area (Å²) in [5.74, 6) is 3.31. The highest BCUT2D eigenvalue weighted by atomic mass is 28.3. The van der Waals surface area contributed by atoms with Crippen LogP contribution in [0.15, 0.2) is 0 Å². The smallest absolute Gasteiger partial charge is 0.0336 e. The van der Waals surface area contributed by atoms with E-state index in [-0.39, 0.29) is 8.80 Å². The largest absolute Gasteiger partial charge is 0.0720 e. The third-order valence-electron chi connectivity index (χ3n) is 4.79. The molecule has 0 atom stereocenters. The first-order chi connectivity index (χ1) is 6.75. The first kappa shape index (κ1) is 10.7. The summed E-state index contributed by atoms with van der Waals surface area (Å²) in [5, 5.41) is 0. The van der Waals surface area contributed by atoms with Gasteiger partial charge in [-0.2, -0.15) is 0 Å². The Hall–Kier alpha value is 0.217. The highest BCUT2D eigenvalue weighted by Crippen LogP contribution is 2.39. The Balaban J connectivity index is 1.78. The van der Waals surface area contributed by atoms with Crippen LogP contribution < -0.4 is 0 Å². The van der Waals surface area contributed by atoms with Crippen LogP contribution in [0.2, 0.25) is 18.6 Å². The summed E-state index contributed by atoms with van der Waals surface area (Å²) in [7, 11) is -0.200. The summed E-state index contributed by atoms with van der Waals surface area (Å²) in [4.78, 5) is 0. The highest BCUT2D eigenvalue weighted by Gasteiger charge is 2.28. The number of hydrogen-bond donors (Lipinski definition) is 0. The van der Waals surface area contributed by atoms with Crippen molar-refractivity contribution < 1.29 is 0 Å². The minimum Gasteiger partial charge on any atom is -0.0720 e. The minimum absolute atomic E-state index is 0.200. The monoisotopic (exact) mass is 210 g/mol. The zero-order valence-electron chi connectivity index (χ0n) is 9.97. The van der Waals surface area contributed by atoms with Crippen LogP contribution in [0.5, 0.6) is 0 Å². The SMILES string of the molecule is CC1CCC(C2CC[SiH](C)CC2)CC1. The van der Waals surface area contributed by atoms with E-state index < -0.39 is 0 Å². The maximum absolute atomic E-state index is 2.57. The molecule has 1 aliphatic heterocycles.